The van der Waals surface area contributed by atoms with Gasteiger partial charge in [-0.15, -0.1) is 0 Å². The molecule has 0 aliphatic carbocycles. The van der Waals surface area contributed by atoms with Crippen LogP contribution < -0.4 is 5.32 Å². The molecule has 2 aromatic rings. The Kier molecular flexibility index (Phi) is 7.00. The van der Waals surface area contributed by atoms with E-state index >= 15 is 0 Å². The van der Waals surface area contributed by atoms with Gasteiger partial charge in [-0.1, -0.05) is 49.2 Å². The van der Waals surface area contributed by atoms with Crippen molar-refractivity contribution in [2.75, 3.05) is 7.05 Å². The Hall–Kier alpha value is -2.11. The monoisotopic (exact) mass is 393 g/mol. The molecule has 1 aromatic heterocycles. The lowest BCUT2D eigenvalue weighted by atomic mass is 10.0. The van der Waals surface area contributed by atoms with Crippen molar-refractivity contribution in [3.05, 3.63) is 63.9 Å². The molecule has 0 bridgehead atoms. The van der Waals surface area contributed by atoms with Crippen LogP contribution in [0.25, 0.3) is 0 Å². The molecule has 2 rings (SSSR count). The quantitative estimate of drug-likeness (QED) is 0.811. The highest BCUT2D eigenvalue weighted by Gasteiger charge is 2.27. The molecule has 1 N–H and O–H groups in total. The first-order chi connectivity index (χ1) is 12.3. The van der Waals surface area contributed by atoms with E-state index in [-0.39, 0.29) is 17.7 Å². The molecule has 26 heavy (non-hydrogen) atoms. The highest BCUT2D eigenvalue weighted by Crippen LogP contribution is 2.26. The van der Waals surface area contributed by atoms with Crippen LogP contribution in [0.2, 0.25) is 10.0 Å². The van der Waals surface area contributed by atoms with Gasteiger partial charge in [0.05, 0.1) is 10.0 Å². The molecule has 7 heteroatoms. The Morgan fingerprint density at radius 3 is 2.42 bits per heavy atom. The van der Waals surface area contributed by atoms with Crippen molar-refractivity contribution in [2.45, 2.75) is 26.4 Å². The average Bonchev–Trinajstić information content (AvgIpc) is 2.63. The van der Waals surface area contributed by atoms with Crippen LogP contribution in [0.3, 0.4) is 0 Å². The summed E-state index contributed by atoms with van der Waals surface area (Å²) in [5, 5.41) is 3.68. The van der Waals surface area contributed by atoms with E-state index in [1.54, 1.807) is 31.3 Å². The van der Waals surface area contributed by atoms with Gasteiger partial charge < -0.3 is 10.2 Å². The molecule has 1 atom stereocenters. The molecular weight excluding hydrogens is 373 g/mol. The van der Waals surface area contributed by atoms with Gasteiger partial charge in [-0.25, -0.2) is 0 Å². The van der Waals surface area contributed by atoms with E-state index in [1.807, 2.05) is 19.9 Å². The largest absolute Gasteiger partial charge is 0.340 e. The summed E-state index contributed by atoms with van der Waals surface area (Å²) in [7, 11) is 1.67. The minimum Gasteiger partial charge on any atom is -0.340 e. The van der Waals surface area contributed by atoms with Crippen LogP contribution in [-0.4, -0.2) is 34.8 Å². The molecule has 1 unspecified atom stereocenters. The second-order valence-electron chi connectivity index (χ2n) is 6.34. The normalized spacial score (nSPS) is 11.9. The highest BCUT2D eigenvalue weighted by molar-refractivity contribution is 6.42. The number of likely N-dealkylation sites (N-methyl/N-ethyl adjacent to an activating group) is 1. The maximum Gasteiger partial charge on any atom is 0.252 e. The lowest BCUT2D eigenvalue weighted by molar-refractivity contribution is -0.133. The number of carbonyl (C=O) groups is 2. The summed E-state index contributed by atoms with van der Waals surface area (Å²) in [6.07, 6.45) is 3.07. The third kappa shape index (κ3) is 4.96. The number of carbonyl (C=O) groups excluding carboxylic acids is 2. The van der Waals surface area contributed by atoms with Gasteiger partial charge in [0.15, 0.2) is 0 Å². The minimum absolute atomic E-state index is 0.0782. The molecule has 138 valence electrons. The van der Waals surface area contributed by atoms with Crippen molar-refractivity contribution >= 4 is 35.0 Å². The van der Waals surface area contributed by atoms with Gasteiger partial charge in [0, 0.05) is 31.5 Å². The molecule has 1 heterocycles. The first kappa shape index (κ1) is 20.2. The Morgan fingerprint density at radius 2 is 1.81 bits per heavy atom. The number of nitrogens with zero attached hydrogens (tertiary/aromatic N) is 2. The van der Waals surface area contributed by atoms with Crippen molar-refractivity contribution in [3.63, 3.8) is 0 Å². The van der Waals surface area contributed by atoms with Crippen LogP contribution in [0, 0.1) is 5.92 Å². The van der Waals surface area contributed by atoms with Crippen LogP contribution in [0.15, 0.2) is 42.7 Å². The fraction of sp³-hybridized carbons (Fsp3) is 0.316. The minimum atomic E-state index is -0.654. The molecule has 2 amide bonds. The van der Waals surface area contributed by atoms with Crippen molar-refractivity contribution in [1.29, 1.82) is 0 Å². The van der Waals surface area contributed by atoms with E-state index in [2.05, 4.69) is 10.3 Å². The molecule has 0 saturated heterocycles. The lowest BCUT2D eigenvalue weighted by Crippen LogP contribution is -2.50. The van der Waals surface area contributed by atoms with Gasteiger partial charge in [-0.2, -0.15) is 0 Å². The summed E-state index contributed by atoms with van der Waals surface area (Å²) >= 11 is 12.2. The third-order valence-corrected chi connectivity index (χ3v) is 4.84. The van der Waals surface area contributed by atoms with Crippen LogP contribution in [0.1, 0.15) is 29.8 Å². The van der Waals surface area contributed by atoms with E-state index in [4.69, 9.17) is 23.2 Å². The molecular formula is C19H21Cl2N3O2. The molecule has 0 aliphatic rings. The summed E-state index contributed by atoms with van der Waals surface area (Å²) in [5.41, 5.74) is 1.21. The molecule has 0 saturated carbocycles. The van der Waals surface area contributed by atoms with E-state index in [1.165, 1.54) is 17.3 Å². The van der Waals surface area contributed by atoms with Crippen LogP contribution in [0.4, 0.5) is 0 Å². The number of rotatable bonds is 6. The molecule has 1 aromatic carbocycles. The van der Waals surface area contributed by atoms with Gasteiger partial charge in [0.1, 0.15) is 6.04 Å². The smallest absolute Gasteiger partial charge is 0.252 e. The number of nitrogens with one attached hydrogen (secondary N) is 1. The lowest BCUT2D eigenvalue weighted by Gasteiger charge is -2.27. The number of hydrogen-bond acceptors (Lipinski definition) is 3. The summed E-state index contributed by atoms with van der Waals surface area (Å²) in [4.78, 5) is 30.7. The van der Waals surface area contributed by atoms with Gasteiger partial charge in [0.2, 0.25) is 5.91 Å². The van der Waals surface area contributed by atoms with Gasteiger partial charge >= 0.3 is 0 Å². The van der Waals surface area contributed by atoms with E-state index in [0.717, 1.165) is 5.56 Å². The van der Waals surface area contributed by atoms with Crippen molar-refractivity contribution in [2.24, 2.45) is 5.92 Å². The number of benzene rings is 1. The second-order valence-corrected chi connectivity index (χ2v) is 7.12. The molecule has 0 radical (unpaired) electrons. The third-order valence-electron chi connectivity index (χ3n) is 3.98. The summed E-state index contributed by atoms with van der Waals surface area (Å²) in [6.45, 7) is 4.07. The van der Waals surface area contributed by atoms with Gasteiger partial charge in [-0.3, -0.25) is 14.6 Å². The maximum atomic E-state index is 12.9. The number of pyridine rings is 1. The Balaban J connectivity index is 2.12. The molecule has 0 aliphatic heterocycles. The van der Waals surface area contributed by atoms with Crippen molar-refractivity contribution in [3.8, 4) is 0 Å². The first-order valence-electron chi connectivity index (χ1n) is 8.20. The maximum absolute atomic E-state index is 12.9. The zero-order chi connectivity index (χ0) is 19.3. The fourth-order valence-corrected chi connectivity index (χ4v) is 2.86. The van der Waals surface area contributed by atoms with Gasteiger partial charge in [0.25, 0.3) is 5.91 Å². The van der Waals surface area contributed by atoms with Crippen LogP contribution >= 0.6 is 23.2 Å². The Bertz CT molecular complexity index is 782. The van der Waals surface area contributed by atoms with E-state index < -0.39 is 6.04 Å². The number of amides is 2. The highest BCUT2D eigenvalue weighted by atomic mass is 35.5. The van der Waals surface area contributed by atoms with E-state index in [0.29, 0.717) is 22.2 Å². The number of aromatic nitrogens is 1. The molecule has 5 nitrogen and oxygen atoms in total. The first-order valence-corrected chi connectivity index (χ1v) is 8.95. The van der Waals surface area contributed by atoms with Crippen molar-refractivity contribution < 1.29 is 9.59 Å². The van der Waals surface area contributed by atoms with E-state index in [9.17, 15) is 9.59 Å². The van der Waals surface area contributed by atoms with Gasteiger partial charge in [-0.05, 0) is 29.7 Å². The summed E-state index contributed by atoms with van der Waals surface area (Å²) < 4.78 is 0. The van der Waals surface area contributed by atoms with Crippen molar-refractivity contribution in [1.82, 2.24) is 15.2 Å². The zero-order valence-corrected chi connectivity index (χ0v) is 16.4. The van der Waals surface area contributed by atoms with Crippen LogP contribution in [-0.2, 0) is 11.3 Å². The number of halogens is 2. The Labute approximate surface area is 163 Å². The summed E-state index contributed by atoms with van der Waals surface area (Å²) in [5.74, 6) is -0.586. The second kappa shape index (κ2) is 9.01. The predicted octanol–water partition coefficient (Wildman–Crippen LogP) is 3.80. The topological polar surface area (TPSA) is 62.3 Å². The predicted molar refractivity (Wildman–Crippen MR) is 103 cm³/mol. The average molecular weight is 394 g/mol. The Morgan fingerprint density at radius 1 is 1.15 bits per heavy atom. The molecule has 0 spiro atoms. The SMILES string of the molecule is CC(C)C(NC(=O)c1ccncc1)C(=O)N(C)Cc1cccc(Cl)c1Cl. The number of hydrogen-bond donors (Lipinski definition) is 1. The standard InChI is InChI=1S/C19H21Cl2N3O2/c1-12(2)17(23-18(25)13-7-9-22-10-8-13)19(26)24(3)11-14-5-4-6-15(20)16(14)21/h4-10,12,17H,11H2,1-3H3,(H,23,25). The molecule has 0 fully saturated rings. The fourth-order valence-electron chi connectivity index (χ4n) is 2.48. The zero-order valence-electron chi connectivity index (χ0n) is 14.9. The summed E-state index contributed by atoms with van der Waals surface area (Å²) in [6, 6.07) is 7.85. The van der Waals surface area contributed by atoms with Crippen LogP contribution in [0.5, 0.6) is 0 Å².